The second-order valence-electron chi connectivity index (χ2n) is 4.98. The fourth-order valence-electron chi connectivity index (χ4n) is 2.52. The molecule has 2 aromatic carbocycles. The van der Waals surface area contributed by atoms with Gasteiger partial charge in [-0.05, 0) is 35.6 Å². The van der Waals surface area contributed by atoms with Crippen LogP contribution < -0.4 is 0 Å². The number of benzene rings is 2. The van der Waals surface area contributed by atoms with Gasteiger partial charge in [0.25, 0.3) is 0 Å². The molecule has 1 saturated carbocycles. The molecule has 0 aromatic heterocycles. The second kappa shape index (κ2) is 5.27. The number of rotatable bonds is 3. The molecule has 0 aliphatic heterocycles. The number of hydrogen-bond donors (Lipinski definition) is 0. The van der Waals surface area contributed by atoms with Crippen LogP contribution in [0.3, 0.4) is 0 Å². The largest absolute Gasteiger partial charge is 0.0838 e. The molecule has 2 aromatic rings. The van der Waals surface area contributed by atoms with E-state index in [0.717, 1.165) is 6.42 Å². The molecule has 0 N–H and O–H groups in total. The Kier molecular flexibility index (Phi) is 3.33. The van der Waals surface area contributed by atoms with Crippen molar-refractivity contribution >= 4 is 0 Å². The van der Waals surface area contributed by atoms with E-state index < -0.39 is 0 Å². The van der Waals surface area contributed by atoms with E-state index in [-0.39, 0.29) is 0 Å². The fraction of sp³-hybridized carbons (Fsp3) is 0.158. The first kappa shape index (κ1) is 12.0. The minimum atomic E-state index is 0.370. The molecule has 94 valence electrons. The first-order valence-electron chi connectivity index (χ1n) is 6.84. The standard InChI is InChI=1S/C19H18/c1-2-15-13-18(15)14-19(16-9-5-3-6-10-16)17-11-7-4-8-12-17/h2-12,14,19H,13H2,1H3/b15-2-,18-14+. The molecule has 0 bridgehead atoms. The highest BCUT2D eigenvalue weighted by atomic mass is 14.3. The smallest absolute Gasteiger partial charge is 0.0275 e. The Balaban J connectivity index is 2.00. The summed E-state index contributed by atoms with van der Waals surface area (Å²) in [5.74, 6) is 0.370. The van der Waals surface area contributed by atoms with Gasteiger partial charge in [0.2, 0.25) is 0 Å². The Morgan fingerprint density at radius 1 is 0.789 bits per heavy atom. The van der Waals surface area contributed by atoms with E-state index in [1.807, 2.05) is 0 Å². The van der Waals surface area contributed by atoms with Crippen molar-refractivity contribution in [1.82, 2.24) is 0 Å². The first-order valence-corrected chi connectivity index (χ1v) is 6.84. The van der Waals surface area contributed by atoms with Crippen molar-refractivity contribution < 1.29 is 0 Å². The zero-order chi connectivity index (χ0) is 13.1. The Labute approximate surface area is 115 Å². The molecule has 0 saturated heterocycles. The second-order valence-corrected chi connectivity index (χ2v) is 4.98. The predicted molar refractivity (Wildman–Crippen MR) is 81.2 cm³/mol. The molecule has 1 aliphatic rings. The topological polar surface area (TPSA) is 0 Å². The first-order chi connectivity index (χ1) is 9.38. The van der Waals surface area contributed by atoms with Crippen LogP contribution in [0.5, 0.6) is 0 Å². The van der Waals surface area contributed by atoms with E-state index in [4.69, 9.17) is 0 Å². The quantitative estimate of drug-likeness (QED) is 0.707. The Morgan fingerprint density at radius 3 is 1.74 bits per heavy atom. The molecule has 0 heterocycles. The normalized spacial score (nSPS) is 18.2. The van der Waals surface area contributed by atoms with Crippen LogP contribution in [-0.2, 0) is 0 Å². The third kappa shape index (κ3) is 2.68. The average molecular weight is 246 g/mol. The molecule has 0 amide bonds. The fourth-order valence-corrected chi connectivity index (χ4v) is 2.52. The number of hydrogen-bond acceptors (Lipinski definition) is 0. The van der Waals surface area contributed by atoms with Crippen LogP contribution >= 0.6 is 0 Å². The molecule has 19 heavy (non-hydrogen) atoms. The van der Waals surface area contributed by atoms with Crippen LogP contribution in [0.25, 0.3) is 0 Å². The van der Waals surface area contributed by atoms with Crippen LogP contribution in [0.2, 0.25) is 0 Å². The summed E-state index contributed by atoms with van der Waals surface area (Å²) in [6, 6.07) is 21.5. The third-order valence-corrected chi connectivity index (χ3v) is 3.70. The summed E-state index contributed by atoms with van der Waals surface area (Å²) in [6.07, 6.45) is 5.80. The molecule has 1 aliphatic carbocycles. The predicted octanol–water partition coefficient (Wildman–Crippen LogP) is 5.09. The van der Waals surface area contributed by atoms with Crippen LogP contribution in [-0.4, -0.2) is 0 Å². The Bertz CT molecular complexity index is 564. The third-order valence-electron chi connectivity index (χ3n) is 3.70. The van der Waals surface area contributed by atoms with Gasteiger partial charge in [0.1, 0.15) is 0 Å². The van der Waals surface area contributed by atoms with Crippen molar-refractivity contribution in [2.45, 2.75) is 19.3 Å². The SMILES string of the molecule is C/C=C1/C/C1=C\C(c1ccccc1)c1ccccc1. The van der Waals surface area contributed by atoms with Crippen molar-refractivity contribution in [3.63, 3.8) is 0 Å². The summed E-state index contributed by atoms with van der Waals surface area (Å²) in [5, 5.41) is 0. The van der Waals surface area contributed by atoms with Gasteiger partial charge in [-0.1, -0.05) is 72.8 Å². The highest BCUT2D eigenvalue weighted by molar-refractivity contribution is 5.53. The van der Waals surface area contributed by atoms with Gasteiger partial charge in [-0.15, -0.1) is 0 Å². The maximum Gasteiger partial charge on any atom is 0.0275 e. The minimum absolute atomic E-state index is 0.370. The maximum atomic E-state index is 2.42. The summed E-state index contributed by atoms with van der Waals surface area (Å²) in [5.41, 5.74) is 5.73. The molecular formula is C19H18. The van der Waals surface area contributed by atoms with Crippen LogP contribution in [0.15, 0.2) is 84.0 Å². The van der Waals surface area contributed by atoms with Gasteiger partial charge in [-0.2, -0.15) is 0 Å². The van der Waals surface area contributed by atoms with Crippen molar-refractivity contribution in [3.8, 4) is 0 Å². The summed E-state index contributed by atoms with van der Waals surface area (Å²) >= 11 is 0. The van der Waals surface area contributed by atoms with Gasteiger partial charge in [0.05, 0.1) is 0 Å². The summed E-state index contributed by atoms with van der Waals surface area (Å²) in [7, 11) is 0. The van der Waals surface area contributed by atoms with Gasteiger partial charge in [-0.3, -0.25) is 0 Å². The van der Waals surface area contributed by atoms with Gasteiger partial charge < -0.3 is 0 Å². The van der Waals surface area contributed by atoms with E-state index >= 15 is 0 Å². The molecule has 0 spiro atoms. The van der Waals surface area contributed by atoms with E-state index in [2.05, 4.69) is 79.7 Å². The van der Waals surface area contributed by atoms with Crippen molar-refractivity contribution in [3.05, 3.63) is 95.1 Å². The highest BCUT2D eigenvalue weighted by Crippen LogP contribution is 2.40. The Hall–Kier alpha value is -2.08. The zero-order valence-corrected chi connectivity index (χ0v) is 11.2. The minimum Gasteiger partial charge on any atom is -0.0838 e. The lowest BCUT2D eigenvalue weighted by atomic mass is 9.91. The van der Waals surface area contributed by atoms with E-state index in [1.165, 1.54) is 22.3 Å². The zero-order valence-electron chi connectivity index (χ0n) is 11.2. The summed E-state index contributed by atoms with van der Waals surface area (Å²) < 4.78 is 0. The molecule has 3 rings (SSSR count). The Morgan fingerprint density at radius 2 is 1.32 bits per heavy atom. The summed E-state index contributed by atoms with van der Waals surface area (Å²) in [6.45, 7) is 2.12. The highest BCUT2D eigenvalue weighted by Gasteiger charge is 2.22. The van der Waals surface area contributed by atoms with E-state index in [9.17, 15) is 0 Å². The monoisotopic (exact) mass is 246 g/mol. The molecular weight excluding hydrogens is 228 g/mol. The molecule has 0 atom stereocenters. The van der Waals surface area contributed by atoms with Gasteiger partial charge in [-0.25, -0.2) is 0 Å². The van der Waals surface area contributed by atoms with Crippen LogP contribution in [0.4, 0.5) is 0 Å². The molecule has 1 fully saturated rings. The molecule has 0 nitrogen and oxygen atoms in total. The van der Waals surface area contributed by atoms with Gasteiger partial charge in [0.15, 0.2) is 0 Å². The van der Waals surface area contributed by atoms with E-state index in [0.29, 0.717) is 5.92 Å². The lowest BCUT2D eigenvalue weighted by Crippen LogP contribution is -1.97. The molecule has 0 unspecified atom stereocenters. The lowest BCUT2D eigenvalue weighted by molar-refractivity contribution is 1.02. The van der Waals surface area contributed by atoms with E-state index in [1.54, 1.807) is 0 Å². The van der Waals surface area contributed by atoms with Crippen LogP contribution in [0, 0.1) is 0 Å². The van der Waals surface area contributed by atoms with Gasteiger partial charge >= 0.3 is 0 Å². The van der Waals surface area contributed by atoms with Gasteiger partial charge in [0, 0.05) is 5.92 Å². The maximum absolute atomic E-state index is 2.42. The van der Waals surface area contributed by atoms with Crippen LogP contribution in [0.1, 0.15) is 30.4 Å². The van der Waals surface area contributed by atoms with Crippen molar-refractivity contribution in [2.75, 3.05) is 0 Å². The lowest BCUT2D eigenvalue weighted by Gasteiger charge is -2.13. The molecule has 0 radical (unpaired) electrons. The number of allylic oxidation sites excluding steroid dienone is 4. The van der Waals surface area contributed by atoms with Crippen molar-refractivity contribution in [2.24, 2.45) is 0 Å². The van der Waals surface area contributed by atoms with Crippen molar-refractivity contribution in [1.29, 1.82) is 0 Å². The summed E-state index contributed by atoms with van der Waals surface area (Å²) in [4.78, 5) is 0. The molecule has 0 heteroatoms. The average Bonchev–Trinajstić information content (AvgIpc) is 3.25.